The third kappa shape index (κ3) is 3.20. The molecule has 0 saturated carbocycles. The summed E-state index contributed by atoms with van der Waals surface area (Å²) in [4.78, 5) is 11.1. The largest absolute Gasteiger partial charge is 0.464 e. The molecule has 0 saturated heterocycles. The first-order valence-electron chi connectivity index (χ1n) is 4.67. The zero-order valence-electron chi connectivity index (χ0n) is 9.32. The summed E-state index contributed by atoms with van der Waals surface area (Å²) in [5.41, 5.74) is 3.64. The molecule has 0 aliphatic carbocycles. The number of ether oxygens (including phenoxy) is 1. The van der Waals surface area contributed by atoms with Crippen LogP contribution in [0.5, 0.6) is 0 Å². The monoisotopic (exact) mass is 251 g/mol. The third-order valence-electron chi connectivity index (χ3n) is 2.04. The zero-order valence-corrected chi connectivity index (χ0v) is 10.1. The Bertz CT molecular complexity index is 506. The molecule has 0 aliphatic rings. The molecule has 0 spiro atoms. The number of methoxy groups -OCH3 is 1. The van der Waals surface area contributed by atoms with Crippen molar-refractivity contribution >= 4 is 29.0 Å². The number of halogens is 1. The van der Waals surface area contributed by atoms with Gasteiger partial charge in [-0.1, -0.05) is 17.7 Å². The molecule has 6 heteroatoms. The molecule has 0 atom stereocenters. The standard InChI is InChI=1S/C11H10ClN3O2/c1-7-8(12)4-3-5-9(7)14-15-10(6-13)11(16)17-2/h3-5,14H,1-2H3/b15-10+. The summed E-state index contributed by atoms with van der Waals surface area (Å²) >= 11 is 5.91. The van der Waals surface area contributed by atoms with Gasteiger partial charge in [0.05, 0.1) is 12.8 Å². The quantitative estimate of drug-likeness (QED) is 0.507. The Labute approximate surface area is 104 Å². The van der Waals surface area contributed by atoms with Gasteiger partial charge in [-0.15, -0.1) is 0 Å². The van der Waals surface area contributed by atoms with Gasteiger partial charge in [0, 0.05) is 5.02 Å². The fraction of sp³-hybridized carbons (Fsp3) is 0.182. The lowest BCUT2D eigenvalue weighted by Gasteiger charge is -2.06. The van der Waals surface area contributed by atoms with Crippen LogP contribution in [0.4, 0.5) is 5.69 Å². The van der Waals surface area contributed by atoms with Gasteiger partial charge >= 0.3 is 5.97 Å². The fourth-order valence-electron chi connectivity index (χ4n) is 1.06. The fourth-order valence-corrected chi connectivity index (χ4v) is 1.23. The van der Waals surface area contributed by atoms with Gasteiger partial charge in [-0.3, -0.25) is 5.43 Å². The Balaban J connectivity index is 2.93. The first-order chi connectivity index (χ1) is 8.10. The lowest BCUT2D eigenvalue weighted by Crippen LogP contribution is -2.15. The number of anilines is 1. The molecular weight excluding hydrogens is 242 g/mol. The number of hydrogen-bond acceptors (Lipinski definition) is 5. The molecule has 0 aliphatic heterocycles. The summed E-state index contributed by atoms with van der Waals surface area (Å²) in [6, 6.07) is 6.84. The predicted molar refractivity (Wildman–Crippen MR) is 64.9 cm³/mol. The highest BCUT2D eigenvalue weighted by Crippen LogP contribution is 2.22. The minimum Gasteiger partial charge on any atom is -0.464 e. The molecular formula is C11H10ClN3O2. The van der Waals surface area contributed by atoms with Crippen molar-refractivity contribution < 1.29 is 9.53 Å². The highest BCUT2D eigenvalue weighted by molar-refractivity contribution is 6.43. The lowest BCUT2D eigenvalue weighted by molar-refractivity contribution is -0.132. The van der Waals surface area contributed by atoms with Crippen molar-refractivity contribution in [3.8, 4) is 6.07 Å². The Hall–Kier alpha value is -2.06. The Morgan fingerprint density at radius 3 is 2.88 bits per heavy atom. The molecule has 0 radical (unpaired) electrons. The number of carbonyl (C=O) groups excluding carboxylic acids is 1. The van der Waals surface area contributed by atoms with Crippen LogP contribution in [-0.4, -0.2) is 18.8 Å². The van der Waals surface area contributed by atoms with Crippen LogP contribution in [0.1, 0.15) is 5.56 Å². The third-order valence-corrected chi connectivity index (χ3v) is 2.45. The Morgan fingerprint density at radius 1 is 1.59 bits per heavy atom. The van der Waals surface area contributed by atoms with Gasteiger partial charge in [-0.05, 0) is 24.6 Å². The summed E-state index contributed by atoms with van der Waals surface area (Å²) in [5.74, 6) is -0.792. The van der Waals surface area contributed by atoms with Gasteiger partial charge < -0.3 is 4.74 Å². The van der Waals surface area contributed by atoms with E-state index in [2.05, 4.69) is 15.3 Å². The number of nitrogens with one attached hydrogen (secondary N) is 1. The van der Waals surface area contributed by atoms with Crippen LogP contribution in [-0.2, 0) is 9.53 Å². The summed E-state index contributed by atoms with van der Waals surface area (Å²) < 4.78 is 4.39. The van der Waals surface area contributed by atoms with Crippen molar-refractivity contribution in [3.05, 3.63) is 28.8 Å². The van der Waals surface area contributed by atoms with Crippen LogP contribution in [0.2, 0.25) is 5.02 Å². The van der Waals surface area contributed by atoms with Gasteiger partial charge in [-0.25, -0.2) is 4.79 Å². The molecule has 0 bridgehead atoms. The van der Waals surface area contributed by atoms with Crippen LogP contribution >= 0.6 is 11.6 Å². The second kappa shape index (κ2) is 5.87. The minimum atomic E-state index is -0.792. The zero-order chi connectivity index (χ0) is 12.8. The Kier molecular flexibility index (Phi) is 4.49. The first-order valence-corrected chi connectivity index (χ1v) is 5.05. The van der Waals surface area contributed by atoms with Crippen molar-refractivity contribution in [3.63, 3.8) is 0 Å². The van der Waals surface area contributed by atoms with E-state index in [9.17, 15) is 4.79 Å². The van der Waals surface area contributed by atoms with E-state index in [1.54, 1.807) is 31.2 Å². The van der Waals surface area contributed by atoms with Crippen LogP contribution in [0, 0.1) is 18.3 Å². The first kappa shape index (κ1) is 13.0. The molecule has 1 N–H and O–H groups in total. The Morgan fingerprint density at radius 2 is 2.29 bits per heavy atom. The van der Waals surface area contributed by atoms with Gasteiger partial charge in [0.25, 0.3) is 0 Å². The van der Waals surface area contributed by atoms with Crippen LogP contribution < -0.4 is 5.43 Å². The maximum Gasteiger partial charge on any atom is 0.369 e. The molecule has 0 unspecified atom stereocenters. The second-order valence-corrected chi connectivity index (χ2v) is 3.50. The van der Waals surface area contributed by atoms with E-state index < -0.39 is 5.97 Å². The summed E-state index contributed by atoms with van der Waals surface area (Å²) in [6.07, 6.45) is 0. The minimum absolute atomic E-state index is 0.355. The van der Waals surface area contributed by atoms with E-state index >= 15 is 0 Å². The molecule has 0 aromatic heterocycles. The van der Waals surface area contributed by atoms with Crippen molar-refractivity contribution in [1.29, 1.82) is 5.26 Å². The van der Waals surface area contributed by atoms with Crippen LogP contribution in [0.25, 0.3) is 0 Å². The van der Waals surface area contributed by atoms with Crippen LogP contribution in [0.15, 0.2) is 23.3 Å². The van der Waals surface area contributed by atoms with E-state index in [1.807, 2.05) is 0 Å². The van der Waals surface area contributed by atoms with Crippen molar-refractivity contribution in [1.82, 2.24) is 0 Å². The van der Waals surface area contributed by atoms with E-state index in [4.69, 9.17) is 16.9 Å². The van der Waals surface area contributed by atoms with E-state index in [0.29, 0.717) is 10.7 Å². The van der Waals surface area contributed by atoms with Crippen molar-refractivity contribution in [2.24, 2.45) is 5.10 Å². The molecule has 0 fully saturated rings. The average molecular weight is 252 g/mol. The van der Waals surface area contributed by atoms with E-state index in [0.717, 1.165) is 5.56 Å². The van der Waals surface area contributed by atoms with Gasteiger partial charge in [-0.2, -0.15) is 10.4 Å². The molecule has 1 rings (SSSR count). The summed E-state index contributed by atoms with van der Waals surface area (Å²) in [7, 11) is 1.18. The maximum atomic E-state index is 11.1. The van der Waals surface area contributed by atoms with Gasteiger partial charge in [0.15, 0.2) is 0 Å². The molecule has 1 aromatic carbocycles. The van der Waals surface area contributed by atoms with Crippen molar-refractivity contribution in [2.45, 2.75) is 6.92 Å². The molecule has 5 nitrogen and oxygen atoms in total. The van der Waals surface area contributed by atoms with Gasteiger partial charge in [0.1, 0.15) is 6.07 Å². The van der Waals surface area contributed by atoms with E-state index in [-0.39, 0.29) is 5.71 Å². The highest BCUT2D eigenvalue weighted by Gasteiger charge is 2.10. The summed E-state index contributed by atoms with van der Waals surface area (Å²) in [5, 5.41) is 12.9. The lowest BCUT2D eigenvalue weighted by atomic mass is 10.2. The number of carbonyl (C=O) groups is 1. The molecule has 0 heterocycles. The topological polar surface area (TPSA) is 74.5 Å². The number of hydrogen-bond donors (Lipinski definition) is 1. The van der Waals surface area contributed by atoms with E-state index in [1.165, 1.54) is 7.11 Å². The van der Waals surface area contributed by atoms with Crippen molar-refractivity contribution in [2.75, 3.05) is 12.5 Å². The molecule has 0 amide bonds. The maximum absolute atomic E-state index is 11.1. The van der Waals surface area contributed by atoms with Gasteiger partial charge in [0.2, 0.25) is 5.71 Å². The number of nitriles is 1. The molecule has 17 heavy (non-hydrogen) atoms. The van der Waals surface area contributed by atoms with Crippen LogP contribution in [0.3, 0.4) is 0 Å². The average Bonchev–Trinajstić information content (AvgIpc) is 2.34. The smallest absolute Gasteiger partial charge is 0.369 e. The molecule has 1 aromatic rings. The normalized spacial score (nSPS) is 10.6. The number of rotatable bonds is 3. The predicted octanol–water partition coefficient (Wildman–Crippen LogP) is 2.11. The number of esters is 1. The number of hydrazone groups is 1. The number of nitrogens with zero attached hydrogens (tertiary/aromatic N) is 2. The number of benzene rings is 1. The summed E-state index contributed by atoms with van der Waals surface area (Å²) in [6.45, 7) is 1.80. The second-order valence-electron chi connectivity index (χ2n) is 3.09. The molecule has 88 valence electrons. The SMILES string of the molecule is COC(=O)/C(C#N)=N/Nc1cccc(Cl)c1C. The highest BCUT2D eigenvalue weighted by atomic mass is 35.5.